The molecule has 0 unspecified atom stereocenters. The van der Waals surface area contributed by atoms with Crippen LogP contribution in [0.4, 0.5) is 0 Å². The molecule has 1 N–H and O–H groups in total. The monoisotopic (exact) mass is 226 g/mol. The van der Waals surface area contributed by atoms with Crippen LogP contribution in [0.1, 0.15) is 5.56 Å². The first-order chi connectivity index (χ1) is 8.33. The second-order valence-electron chi connectivity index (χ2n) is 3.73. The number of hydrogen-bond donors (Lipinski definition) is 1. The van der Waals surface area contributed by atoms with Crippen LogP contribution in [0.5, 0.6) is 11.6 Å². The molecule has 3 aromatic rings. The average molecular weight is 226 g/mol. The predicted octanol–water partition coefficient (Wildman–Crippen LogP) is 2.45. The summed E-state index contributed by atoms with van der Waals surface area (Å²) in [6.45, 7) is 2.03. The van der Waals surface area contributed by atoms with Crippen molar-refractivity contribution in [3.05, 3.63) is 42.4 Å². The summed E-state index contributed by atoms with van der Waals surface area (Å²) >= 11 is 0. The molecule has 5 heteroatoms. The van der Waals surface area contributed by atoms with Crippen molar-refractivity contribution in [2.75, 3.05) is 0 Å². The van der Waals surface area contributed by atoms with Crippen molar-refractivity contribution < 1.29 is 4.74 Å². The lowest BCUT2D eigenvalue weighted by Crippen LogP contribution is -1.90. The minimum atomic E-state index is 0.507. The van der Waals surface area contributed by atoms with Gasteiger partial charge in [0.2, 0.25) is 5.88 Å². The van der Waals surface area contributed by atoms with Crippen molar-refractivity contribution in [1.29, 1.82) is 0 Å². The minimum Gasteiger partial charge on any atom is -0.438 e. The van der Waals surface area contributed by atoms with E-state index in [2.05, 4.69) is 20.2 Å². The Kier molecular flexibility index (Phi) is 2.22. The molecular formula is C12H10N4O. The predicted molar refractivity (Wildman–Crippen MR) is 62.9 cm³/mol. The molecule has 2 aromatic heterocycles. The summed E-state index contributed by atoms with van der Waals surface area (Å²) in [5, 5.41) is 7.46. The van der Waals surface area contributed by atoms with Crippen LogP contribution in [-0.2, 0) is 0 Å². The molecule has 1 aromatic carbocycles. The fraction of sp³-hybridized carbons (Fsp3) is 0.0833. The van der Waals surface area contributed by atoms with Gasteiger partial charge < -0.3 is 4.74 Å². The van der Waals surface area contributed by atoms with Crippen molar-refractivity contribution >= 4 is 11.0 Å². The standard InChI is InChI=1S/C12H10N4O/c1-8-2-4-9(5-3-8)17-12-10-6-15-16-11(10)13-7-14-12/h2-7H,1H3,(H,13,14,15,16). The van der Waals surface area contributed by atoms with Crippen LogP contribution in [0.3, 0.4) is 0 Å². The average Bonchev–Trinajstić information content (AvgIpc) is 2.81. The number of fused-ring (bicyclic) bond motifs is 1. The van der Waals surface area contributed by atoms with Gasteiger partial charge in [0.25, 0.3) is 0 Å². The highest BCUT2D eigenvalue weighted by molar-refractivity contribution is 5.79. The van der Waals surface area contributed by atoms with Crippen molar-refractivity contribution in [3.8, 4) is 11.6 Å². The van der Waals surface area contributed by atoms with Gasteiger partial charge in [0, 0.05) is 0 Å². The fourth-order valence-corrected chi connectivity index (χ4v) is 1.54. The smallest absolute Gasteiger partial charge is 0.233 e. The van der Waals surface area contributed by atoms with Crippen LogP contribution in [0.25, 0.3) is 11.0 Å². The Hall–Kier alpha value is -2.43. The maximum Gasteiger partial charge on any atom is 0.233 e. The Balaban J connectivity index is 1.99. The van der Waals surface area contributed by atoms with Crippen LogP contribution >= 0.6 is 0 Å². The number of nitrogens with zero attached hydrogens (tertiary/aromatic N) is 3. The third-order valence-electron chi connectivity index (χ3n) is 2.45. The van der Waals surface area contributed by atoms with Gasteiger partial charge >= 0.3 is 0 Å². The summed E-state index contributed by atoms with van der Waals surface area (Å²) in [7, 11) is 0. The van der Waals surface area contributed by atoms with Gasteiger partial charge in [0.15, 0.2) is 5.65 Å². The van der Waals surface area contributed by atoms with E-state index in [1.807, 2.05) is 31.2 Å². The lowest BCUT2D eigenvalue weighted by molar-refractivity contribution is 0.468. The van der Waals surface area contributed by atoms with Crippen molar-refractivity contribution in [2.24, 2.45) is 0 Å². The van der Waals surface area contributed by atoms with Crippen LogP contribution in [-0.4, -0.2) is 20.2 Å². The lowest BCUT2D eigenvalue weighted by atomic mass is 10.2. The molecule has 3 rings (SSSR count). The maximum atomic E-state index is 5.69. The fourth-order valence-electron chi connectivity index (χ4n) is 1.54. The molecule has 17 heavy (non-hydrogen) atoms. The van der Waals surface area contributed by atoms with E-state index in [0.29, 0.717) is 11.5 Å². The second-order valence-corrected chi connectivity index (χ2v) is 3.73. The lowest BCUT2D eigenvalue weighted by Gasteiger charge is -2.04. The topological polar surface area (TPSA) is 63.7 Å². The summed E-state index contributed by atoms with van der Waals surface area (Å²) in [6, 6.07) is 7.79. The highest BCUT2D eigenvalue weighted by Crippen LogP contribution is 2.25. The summed E-state index contributed by atoms with van der Waals surface area (Å²) in [4.78, 5) is 8.15. The number of aromatic nitrogens is 4. The van der Waals surface area contributed by atoms with E-state index in [-0.39, 0.29) is 0 Å². The zero-order valence-electron chi connectivity index (χ0n) is 9.21. The number of hydrogen-bond acceptors (Lipinski definition) is 4. The maximum absolute atomic E-state index is 5.69. The first kappa shape index (κ1) is 9.77. The highest BCUT2D eigenvalue weighted by Gasteiger charge is 2.07. The molecule has 0 spiro atoms. The number of H-pyrrole nitrogens is 1. The van der Waals surface area contributed by atoms with Gasteiger partial charge in [-0.25, -0.2) is 9.97 Å². The summed E-state index contributed by atoms with van der Waals surface area (Å²) in [6.07, 6.45) is 3.10. The minimum absolute atomic E-state index is 0.507. The first-order valence-corrected chi connectivity index (χ1v) is 5.21. The van der Waals surface area contributed by atoms with E-state index in [0.717, 1.165) is 11.1 Å². The van der Waals surface area contributed by atoms with Crippen LogP contribution in [0.2, 0.25) is 0 Å². The molecule has 5 nitrogen and oxygen atoms in total. The van der Waals surface area contributed by atoms with Crippen molar-refractivity contribution in [3.63, 3.8) is 0 Å². The molecule has 0 atom stereocenters. The second kappa shape index (κ2) is 3.86. The van der Waals surface area contributed by atoms with E-state index in [9.17, 15) is 0 Å². The van der Waals surface area contributed by atoms with E-state index in [4.69, 9.17) is 4.74 Å². The number of nitrogens with one attached hydrogen (secondary N) is 1. The van der Waals surface area contributed by atoms with Gasteiger partial charge in [-0.1, -0.05) is 17.7 Å². The Labute approximate surface area is 97.5 Å². The SMILES string of the molecule is Cc1ccc(Oc2ncnc3[nH]ncc23)cc1. The van der Waals surface area contributed by atoms with E-state index < -0.39 is 0 Å². The number of rotatable bonds is 2. The quantitative estimate of drug-likeness (QED) is 0.729. The molecule has 0 radical (unpaired) electrons. The van der Waals surface area contributed by atoms with Crippen LogP contribution < -0.4 is 4.74 Å². The molecule has 0 aliphatic carbocycles. The Bertz CT molecular complexity index is 645. The first-order valence-electron chi connectivity index (χ1n) is 5.21. The Morgan fingerprint density at radius 3 is 2.76 bits per heavy atom. The molecule has 0 fully saturated rings. The van der Waals surface area contributed by atoms with Gasteiger partial charge in [0.05, 0.1) is 6.20 Å². The van der Waals surface area contributed by atoms with Gasteiger partial charge in [-0.3, -0.25) is 5.10 Å². The van der Waals surface area contributed by atoms with Gasteiger partial charge in [-0.2, -0.15) is 5.10 Å². The van der Waals surface area contributed by atoms with E-state index >= 15 is 0 Å². The van der Waals surface area contributed by atoms with Gasteiger partial charge in [-0.05, 0) is 19.1 Å². The van der Waals surface area contributed by atoms with Crippen molar-refractivity contribution in [2.45, 2.75) is 6.92 Å². The summed E-state index contributed by atoms with van der Waals surface area (Å²) < 4.78 is 5.69. The Morgan fingerprint density at radius 1 is 1.12 bits per heavy atom. The number of aryl methyl sites for hydroxylation is 1. The normalized spacial score (nSPS) is 10.6. The third kappa shape index (κ3) is 1.82. The molecular weight excluding hydrogens is 216 g/mol. The number of aromatic amines is 1. The number of ether oxygens (including phenoxy) is 1. The highest BCUT2D eigenvalue weighted by atomic mass is 16.5. The van der Waals surface area contributed by atoms with E-state index in [1.165, 1.54) is 11.9 Å². The van der Waals surface area contributed by atoms with Gasteiger partial charge in [-0.15, -0.1) is 0 Å². The van der Waals surface area contributed by atoms with Crippen LogP contribution in [0, 0.1) is 6.92 Å². The largest absolute Gasteiger partial charge is 0.438 e. The summed E-state index contributed by atoms with van der Waals surface area (Å²) in [5.41, 5.74) is 1.86. The zero-order valence-corrected chi connectivity index (χ0v) is 9.21. The molecule has 0 aliphatic heterocycles. The zero-order chi connectivity index (χ0) is 11.7. The van der Waals surface area contributed by atoms with E-state index in [1.54, 1.807) is 6.20 Å². The van der Waals surface area contributed by atoms with Crippen molar-refractivity contribution in [1.82, 2.24) is 20.2 Å². The summed E-state index contributed by atoms with van der Waals surface area (Å²) in [5.74, 6) is 1.25. The molecule has 0 bridgehead atoms. The van der Waals surface area contributed by atoms with Crippen LogP contribution in [0.15, 0.2) is 36.8 Å². The number of benzene rings is 1. The third-order valence-corrected chi connectivity index (χ3v) is 2.45. The molecule has 84 valence electrons. The Morgan fingerprint density at radius 2 is 1.94 bits per heavy atom. The molecule has 2 heterocycles. The molecule has 0 saturated carbocycles. The molecule has 0 saturated heterocycles. The molecule has 0 amide bonds. The van der Waals surface area contributed by atoms with Gasteiger partial charge in [0.1, 0.15) is 17.5 Å². The molecule has 0 aliphatic rings.